The first-order chi connectivity index (χ1) is 9.85. The van der Waals surface area contributed by atoms with E-state index in [9.17, 15) is 0 Å². The normalized spacial score (nSPS) is 12.9. The van der Waals surface area contributed by atoms with Gasteiger partial charge in [-0.1, -0.05) is 13.0 Å². The van der Waals surface area contributed by atoms with Crippen LogP contribution in [0.25, 0.3) is 5.52 Å². The van der Waals surface area contributed by atoms with Crippen LogP contribution in [0.1, 0.15) is 30.6 Å². The second-order valence-electron chi connectivity index (χ2n) is 4.83. The summed E-state index contributed by atoms with van der Waals surface area (Å²) in [6.45, 7) is 3.09. The van der Waals surface area contributed by atoms with Crippen molar-refractivity contribution in [3.8, 4) is 0 Å². The maximum absolute atomic E-state index is 4.42. The number of hydrogen-bond donors (Lipinski definition) is 1. The summed E-state index contributed by atoms with van der Waals surface area (Å²) in [5.74, 6) is 0. The predicted molar refractivity (Wildman–Crippen MR) is 78.6 cm³/mol. The van der Waals surface area contributed by atoms with Crippen LogP contribution in [0.3, 0.4) is 0 Å². The van der Waals surface area contributed by atoms with Crippen LogP contribution >= 0.6 is 0 Å². The lowest BCUT2D eigenvalue weighted by molar-refractivity contribution is 0.536. The molecule has 0 bridgehead atoms. The van der Waals surface area contributed by atoms with E-state index in [1.165, 1.54) is 11.3 Å². The number of aromatic nitrogens is 4. The molecular formula is C15H19N5. The second kappa shape index (κ2) is 5.46. The van der Waals surface area contributed by atoms with Crippen molar-refractivity contribution in [1.29, 1.82) is 0 Å². The van der Waals surface area contributed by atoms with Crippen molar-refractivity contribution >= 4 is 5.52 Å². The van der Waals surface area contributed by atoms with E-state index in [0.717, 1.165) is 18.5 Å². The van der Waals surface area contributed by atoms with E-state index in [0.29, 0.717) is 0 Å². The summed E-state index contributed by atoms with van der Waals surface area (Å²) in [5, 5.41) is 12.2. The topological polar surface area (TPSA) is 47.2 Å². The molecule has 5 heteroatoms. The van der Waals surface area contributed by atoms with Crippen molar-refractivity contribution in [3.05, 3.63) is 54.1 Å². The third-order valence-electron chi connectivity index (χ3n) is 3.54. The van der Waals surface area contributed by atoms with Crippen LogP contribution in [0.4, 0.5) is 0 Å². The molecule has 0 fully saturated rings. The van der Waals surface area contributed by atoms with Gasteiger partial charge in [0, 0.05) is 24.5 Å². The van der Waals surface area contributed by atoms with Gasteiger partial charge < -0.3 is 5.32 Å². The predicted octanol–water partition coefficient (Wildman–Crippen LogP) is 2.25. The number of rotatable bonds is 5. The maximum atomic E-state index is 4.42. The first-order valence-corrected chi connectivity index (χ1v) is 6.96. The lowest BCUT2D eigenvalue weighted by Gasteiger charge is -2.17. The van der Waals surface area contributed by atoms with Crippen LogP contribution in [-0.4, -0.2) is 26.4 Å². The zero-order valence-electron chi connectivity index (χ0n) is 11.8. The van der Waals surface area contributed by atoms with Crippen molar-refractivity contribution in [2.45, 2.75) is 25.9 Å². The minimum atomic E-state index is 0.101. The Balaban J connectivity index is 2.07. The molecule has 0 spiro atoms. The van der Waals surface area contributed by atoms with Gasteiger partial charge in [-0.05, 0) is 31.7 Å². The maximum Gasteiger partial charge on any atom is 0.0782 e. The number of nitrogens with zero attached hydrogens (tertiary/aromatic N) is 4. The lowest BCUT2D eigenvalue weighted by Crippen LogP contribution is -2.21. The van der Waals surface area contributed by atoms with Crippen molar-refractivity contribution in [2.75, 3.05) is 7.05 Å². The third-order valence-corrected chi connectivity index (χ3v) is 3.54. The molecule has 0 amide bonds. The fraction of sp³-hybridized carbons (Fsp3) is 0.333. The molecule has 3 aromatic rings. The number of fused-ring (bicyclic) bond motifs is 1. The van der Waals surface area contributed by atoms with Crippen molar-refractivity contribution in [2.24, 2.45) is 0 Å². The van der Waals surface area contributed by atoms with Gasteiger partial charge in [-0.3, -0.25) is 4.68 Å². The Hall–Kier alpha value is -2.14. The highest BCUT2D eigenvalue weighted by Gasteiger charge is 2.20. The van der Waals surface area contributed by atoms with Gasteiger partial charge in [0.1, 0.15) is 0 Å². The Morgan fingerprint density at radius 2 is 2.15 bits per heavy atom. The average Bonchev–Trinajstić information content (AvgIpc) is 3.09. The zero-order valence-corrected chi connectivity index (χ0v) is 11.8. The van der Waals surface area contributed by atoms with Crippen molar-refractivity contribution < 1.29 is 0 Å². The van der Waals surface area contributed by atoms with Crippen molar-refractivity contribution in [1.82, 2.24) is 24.7 Å². The summed E-state index contributed by atoms with van der Waals surface area (Å²) in [5.41, 5.74) is 3.47. The van der Waals surface area contributed by atoms with E-state index in [1.54, 1.807) is 0 Å². The SMILES string of the molecule is CCCn1nccc1C(NC)c1cnn2ccccc12. The van der Waals surface area contributed by atoms with Crippen LogP contribution in [-0.2, 0) is 6.54 Å². The van der Waals surface area contributed by atoms with E-state index >= 15 is 0 Å². The van der Waals surface area contributed by atoms with Crippen LogP contribution < -0.4 is 5.32 Å². The molecular weight excluding hydrogens is 250 g/mol. The van der Waals surface area contributed by atoms with Crippen LogP contribution in [0.5, 0.6) is 0 Å². The smallest absolute Gasteiger partial charge is 0.0782 e. The van der Waals surface area contributed by atoms with Crippen LogP contribution in [0.2, 0.25) is 0 Å². The monoisotopic (exact) mass is 269 g/mol. The number of aryl methyl sites for hydroxylation is 1. The van der Waals surface area contributed by atoms with Gasteiger partial charge in [-0.15, -0.1) is 0 Å². The minimum absolute atomic E-state index is 0.101. The molecule has 0 radical (unpaired) electrons. The molecule has 5 nitrogen and oxygen atoms in total. The minimum Gasteiger partial charge on any atom is -0.308 e. The molecule has 1 unspecified atom stereocenters. The fourth-order valence-electron chi connectivity index (χ4n) is 2.63. The van der Waals surface area contributed by atoms with Crippen molar-refractivity contribution in [3.63, 3.8) is 0 Å². The summed E-state index contributed by atoms with van der Waals surface area (Å²) >= 11 is 0. The molecule has 20 heavy (non-hydrogen) atoms. The molecule has 0 aliphatic heterocycles. The summed E-state index contributed by atoms with van der Waals surface area (Å²) in [4.78, 5) is 0. The van der Waals surface area contributed by atoms with E-state index in [-0.39, 0.29) is 6.04 Å². The third kappa shape index (κ3) is 2.10. The fourth-order valence-corrected chi connectivity index (χ4v) is 2.63. The molecule has 3 heterocycles. The summed E-state index contributed by atoms with van der Waals surface area (Å²) in [6.07, 6.45) is 6.83. The summed E-state index contributed by atoms with van der Waals surface area (Å²) in [7, 11) is 1.97. The molecule has 0 aliphatic rings. The van der Waals surface area contributed by atoms with Gasteiger partial charge in [0.2, 0.25) is 0 Å². The standard InChI is InChI=1S/C15H19N5/c1-3-9-19-14(7-8-17-19)15(16-2)12-11-18-20-10-5-4-6-13(12)20/h4-8,10-11,15-16H,3,9H2,1-2H3. The Labute approximate surface area is 118 Å². The van der Waals surface area contributed by atoms with Crippen LogP contribution in [0, 0.1) is 0 Å². The van der Waals surface area contributed by atoms with Gasteiger partial charge in [-0.2, -0.15) is 10.2 Å². The quantitative estimate of drug-likeness (QED) is 0.773. The van der Waals surface area contributed by atoms with E-state index in [2.05, 4.69) is 39.3 Å². The Bertz CT molecular complexity index is 697. The van der Waals surface area contributed by atoms with Gasteiger partial charge in [0.15, 0.2) is 0 Å². The highest BCUT2D eigenvalue weighted by molar-refractivity contribution is 5.56. The van der Waals surface area contributed by atoms with Gasteiger partial charge >= 0.3 is 0 Å². The molecule has 104 valence electrons. The molecule has 0 saturated heterocycles. The summed E-state index contributed by atoms with van der Waals surface area (Å²) < 4.78 is 3.97. The van der Waals surface area contributed by atoms with Crippen LogP contribution in [0.15, 0.2) is 42.9 Å². The first kappa shape index (κ1) is 12.9. The van der Waals surface area contributed by atoms with E-state index in [4.69, 9.17) is 0 Å². The molecule has 0 aromatic carbocycles. The van der Waals surface area contributed by atoms with Gasteiger partial charge in [0.25, 0.3) is 0 Å². The Morgan fingerprint density at radius 1 is 1.25 bits per heavy atom. The zero-order chi connectivity index (χ0) is 13.9. The number of nitrogens with one attached hydrogen (secondary N) is 1. The summed E-state index contributed by atoms with van der Waals surface area (Å²) in [6, 6.07) is 8.29. The van der Waals surface area contributed by atoms with E-state index < -0.39 is 0 Å². The molecule has 3 rings (SSSR count). The number of pyridine rings is 1. The molecule has 0 aliphatic carbocycles. The molecule has 1 atom stereocenters. The first-order valence-electron chi connectivity index (χ1n) is 6.96. The van der Waals surface area contributed by atoms with Gasteiger partial charge in [-0.25, -0.2) is 4.52 Å². The highest BCUT2D eigenvalue weighted by Crippen LogP contribution is 2.25. The Morgan fingerprint density at radius 3 is 2.95 bits per heavy atom. The van der Waals surface area contributed by atoms with Gasteiger partial charge in [0.05, 0.1) is 23.4 Å². The second-order valence-corrected chi connectivity index (χ2v) is 4.83. The molecule has 1 N–H and O–H groups in total. The lowest BCUT2D eigenvalue weighted by atomic mass is 10.1. The average molecular weight is 269 g/mol. The highest BCUT2D eigenvalue weighted by atomic mass is 15.3. The Kier molecular flexibility index (Phi) is 3.52. The molecule has 0 saturated carbocycles. The van der Waals surface area contributed by atoms with E-state index in [1.807, 2.05) is 42.3 Å². The largest absolute Gasteiger partial charge is 0.308 e. The molecule has 3 aromatic heterocycles. The number of hydrogen-bond acceptors (Lipinski definition) is 3.